The Labute approximate surface area is 119 Å². The van der Waals surface area contributed by atoms with Gasteiger partial charge in [-0.2, -0.15) is 0 Å². The Balaban J connectivity index is 1.67. The van der Waals surface area contributed by atoms with Crippen LogP contribution in [0.1, 0.15) is 36.2 Å². The average molecular weight is 271 g/mol. The fraction of sp³-hybridized carbons (Fsp3) is 0.500. The summed E-state index contributed by atoms with van der Waals surface area (Å²) in [4.78, 5) is 9.15. The molecule has 0 aromatic carbocycles. The predicted octanol–water partition coefficient (Wildman–Crippen LogP) is 3.04. The minimum absolute atomic E-state index is 0.685. The van der Waals surface area contributed by atoms with E-state index in [-0.39, 0.29) is 0 Å². The number of aryl methyl sites for hydroxylation is 2. The SMILES string of the molecule is Cc1nc(-c2ccco2)nc(C)c1CCCNC1CC1. The first kappa shape index (κ1) is 13.3. The van der Waals surface area contributed by atoms with E-state index in [1.165, 1.54) is 18.4 Å². The van der Waals surface area contributed by atoms with E-state index in [1.807, 2.05) is 12.1 Å². The second-order valence-corrected chi connectivity index (χ2v) is 5.51. The van der Waals surface area contributed by atoms with Crippen molar-refractivity contribution >= 4 is 0 Å². The summed E-state index contributed by atoms with van der Waals surface area (Å²) in [5.41, 5.74) is 3.41. The van der Waals surface area contributed by atoms with Crippen molar-refractivity contribution < 1.29 is 4.42 Å². The summed E-state index contributed by atoms with van der Waals surface area (Å²) in [6.07, 6.45) is 6.52. The van der Waals surface area contributed by atoms with E-state index in [0.29, 0.717) is 5.82 Å². The molecule has 0 saturated heterocycles. The van der Waals surface area contributed by atoms with Crippen LogP contribution >= 0.6 is 0 Å². The van der Waals surface area contributed by atoms with E-state index in [1.54, 1.807) is 6.26 Å². The van der Waals surface area contributed by atoms with Gasteiger partial charge in [0.2, 0.25) is 0 Å². The van der Waals surface area contributed by atoms with Crippen molar-refractivity contribution in [1.82, 2.24) is 15.3 Å². The summed E-state index contributed by atoms with van der Waals surface area (Å²) < 4.78 is 5.37. The Bertz CT molecular complexity index is 550. The van der Waals surface area contributed by atoms with Crippen LogP contribution in [0, 0.1) is 13.8 Å². The van der Waals surface area contributed by atoms with Crippen LogP contribution < -0.4 is 5.32 Å². The lowest BCUT2D eigenvalue weighted by Crippen LogP contribution is -2.18. The van der Waals surface area contributed by atoms with Gasteiger partial charge in [0.05, 0.1) is 6.26 Å². The molecule has 4 heteroatoms. The van der Waals surface area contributed by atoms with Crippen molar-refractivity contribution in [2.75, 3.05) is 6.54 Å². The van der Waals surface area contributed by atoms with Crippen molar-refractivity contribution in [3.8, 4) is 11.6 Å². The van der Waals surface area contributed by atoms with Gasteiger partial charge in [-0.3, -0.25) is 0 Å². The maximum absolute atomic E-state index is 5.37. The minimum Gasteiger partial charge on any atom is -0.461 e. The molecule has 2 heterocycles. The molecule has 1 fully saturated rings. The molecule has 2 aromatic rings. The molecule has 0 radical (unpaired) electrons. The first-order valence-electron chi connectivity index (χ1n) is 7.35. The quantitative estimate of drug-likeness (QED) is 0.820. The molecular formula is C16H21N3O. The van der Waals surface area contributed by atoms with Crippen LogP contribution in [0.4, 0.5) is 0 Å². The zero-order valence-corrected chi connectivity index (χ0v) is 12.1. The van der Waals surface area contributed by atoms with Gasteiger partial charge in [0.1, 0.15) is 0 Å². The number of nitrogens with one attached hydrogen (secondary N) is 1. The molecule has 0 aliphatic heterocycles. The van der Waals surface area contributed by atoms with E-state index < -0.39 is 0 Å². The molecule has 20 heavy (non-hydrogen) atoms. The van der Waals surface area contributed by atoms with Gasteiger partial charge in [-0.25, -0.2) is 9.97 Å². The maximum Gasteiger partial charge on any atom is 0.196 e. The Morgan fingerprint density at radius 1 is 1.25 bits per heavy atom. The summed E-state index contributed by atoms with van der Waals surface area (Å²) in [7, 11) is 0. The van der Waals surface area contributed by atoms with E-state index in [0.717, 1.165) is 42.6 Å². The number of hydrogen-bond acceptors (Lipinski definition) is 4. The molecule has 0 unspecified atom stereocenters. The van der Waals surface area contributed by atoms with Gasteiger partial charge in [0.25, 0.3) is 0 Å². The molecular weight excluding hydrogens is 250 g/mol. The van der Waals surface area contributed by atoms with E-state index in [4.69, 9.17) is 4.42 Å². The highest BCUT2D eigenvalue weighted by atomic mass is 16.3. The van der Waals surface area contributed by atoms with Gasteiger partial charge in [0, 0.05) is 17.4 Å². The van der Waals surface area contributed by atoms with Gasteiger partial charge >= 0.3 is 0 Å². The van der Waals surface area contributed by atoms with Crippen LogP contribution in [0.25, 0.3) is 11.6 Å². The third-order valence-corrected chi connectivity index (χ3v) is 3.78. The monoisotopic (exact) mass is 271 g/mol. The van der Waals surface area contributed by atoms with Crippen molar-refractivity contribution in [2.45, 2.75) is 45.6 Å². The average Bonchev–Trinajstić information content (AvgIpc) is 3.08. The highest BCUT2D eigenvalue weighted by Crippen LogP contribution is 2.21. The molecule has 0 amide bonds. The summed E-state index contributed by atoms with van der Waals surface area (Å²) in [6.45, 7) is 5.21. The van der Waals surface area contributed by atoms with Crippen LogP contribution in [-0.4, -0.2) is 22.6 Å². The Morgan fingerprint density at radius 2 is 2.00 bits per heavy atom. The van der Waals surface area contributed by atoms with Gasteiger partial charge in [-0.05, 0) is 63.8 Å². The fourth-order valence-electron chi connectivity index (χ4n) is 2.48. The third-order valence-electron chi connectivity index (χ3n) is 3.78. The maximum atomic E-state index is 5.37. The number of nitrogens with zero attached hydrogens (tertiary/aromatic N) is 2. The van der Waals surface area contributed by atoms with Gasteiger partial charge in [-0.15, -0.1) is 0 Å². The lowest BCUT2D eigenvalue weighted by atomic mass is 10.1. The van der Waals surface area contributed by atoms with Gasteiger partial charge in [0.15, 0.2) is 11.6 Å². The van der Waals surface area contributed by atoms with Crippen molar-refractivity contribution in [3.05, 3.63) is 35.3 Å². The Kier molecular flexibility index (Phi) is 3.83. The summed E-state index contributed by atoms with van der Waals surface area (Å²) in [5, 5.41) is 3.54. The molecule has 0 spiro atoms. The first-order chi connectivity index (χ1) is 9.74. The molecule has 1 saturated carbocycles. The predicted molar refractivity (Wildman–Crippen MR) is 78.6 cm³/mol. The Morgan fingerprint density at radius 3 is 2.60 bits per heavy atom. The minimum atomic E-state index is 0.685. The van der Waals surface area contributed by atoms with Gasteiger partial charge in [-0.1, -0.05) is 0 Å². The molecule has 1 N–H and O–H groups in total. The highest BCUT2D eigenvalue weighted by Gasteiger charge is 2.19. The van der Waals surface area contributed by atoms with Crippen LogP contribution in [0.3, 0.4) is 0 Å². The zero-order valence-electron chi connectivity index (χ0n) is 12.1. The van der Waals surface area contributed by atoms with Gasteiger partial charge < -0.3 is 9.73 Å². The van der Waals surface area contributed by atoms with Crippen LogP contribution in [-0.2, 0) is 6.42 Å². The molecule has 1 aliphatic carbocycles. The molecule has 2 aromatic heterocycles. The normalized spacial score (nSPS) is 14.7. The van der Waals surface area contributed by atoms with Crippen molar-refractivity contribution in [1.29, 1.82) is 0 Å². The lowest BCUT2D eigenvalue weighted by Gasteiger charge is -2.10. The first-order valence-corrected chi connectivity index (χ1v) is 7.35. The Hall–Kier alpha value is -1.68. The molecule has 1 aliphatic rings. The molecule has 106 valence electrons. The van der Waals surface area contributed by atoms with Crippen LogP contribution in [0.15, 0.2) is 22.8 Å². The largest absolute Gasteiger partial charge is 0.461 e. The second-order valence-electron chi connectivity index (χ2n) is 5.51. The zero-order chi connectivity index (χ0) is 13.9. The van der Waals surface area contributed by atoms with Crippen LogP contribution in [0.5, 0.6) is 0 Å². The van der Waals surface area contributed by atoms with Crippen molar-refractivity contribution in [3.63, 3.8) is 0 Å². The number of furan rings is 1. The summed E-state index contributed by atoms with van der Waals surface area (Å²) >= 11 is 0. The second kappa shape index (κ2) is 5.75. The molecule has 4 nitrogen and oxygen atoms in total. The highest BCUT2D eigenvalue weighted by molar-refractivity contribution is 5.47. The summed E-state index contributed by atoms with van der Waals surface area (Å²) in [6, 6.07) is 4.55. The van der Waals surface area contributed by atoms with E-state index >= 15 is 0 Å². The molecule has 0 atom stereocenters. The summed E-state index contributed by atoms with van der Waals surface area (Å²) in [5.74, 6) is 1.42. The topological polar surface area (TPSA) is 51.0 Å². The smallest absolute Gasteiger partial charge is 0.196 e. The third kappa shape index (κ3) is 3.07. The number of hydrogen-bond donors (Lipinski definition) is 1. The number of rotatable bonds is 6. The van der Waals surface area contributed by atoms with E-state index in [9.17, 15) is 0 Å². The van der Waals surface area contributed by atoms with Crippen LogP contribution in [0.2, 0.25) is 0 Å². The molecule has 3 rings (SSSR count). The fourth-order valence-corrected chi connectivity index (χ4v) is 2.48. The molecule has 0 bridgehead atoms. The standard InChI is InChI=1S/C16H21N3O/c1-11-14(5-3-9-17-13-7-8-13)12(2)19-16(18-11)15-6-4-10-20-15/h4,6,10,13,17H,3,5,7-9H2,1-2H3. The van der Waals surface area contributed by atoms with Crippen molar-refractivity contribution in [2.24, 2.45) is 0 Å². The van der Waals surface area contributed by atoms with E-state index in [2.05, 4.69) is 29.1 Å². The lowest BCUT2D eigenvalue weighted by molar-refractivity contribution is 0.576. The number of aromatic nitrogens is 2.